The van der Waals surface area contributed by atoms with Gasteiger partial charge in [-0.3, -0.25) is 0 Å². The third-order valence-corrected chi connectivity index (χ3v) is 17.7. The molecule has 7 rings (SSSR count). The van der Waals surface area contributed by atoms with E-state index < -0.39 is 0 Å². The molecule has 0 aliphatic heterocycles. The third-order valence-electron chi connectivity index (χ3n) is 11.6. The normalized spacial score (nSPS) is 17.8. The number of aromatic nitrogens is 2. The van der Waals surface area contributed by atoms with Gasteiger partial charge >= 0.3 is 193 Å². The zero-order chi connectivity index (χ0) is 35.0. The molecule has 4 aromatic rings. The van der Waals surface area contributed by atoms with Gasteiger partial charge in [-0.05, 0) is 55.5 Å². The van der Waals surface area contributed by atoms with Crippen molar-refractivity contribution in [1.82, 2.24) is 9.13 Å². The molecule has 2 nitrogen and oxygen atoms in total. The summed E-state index contributed by atoms with van der Waals surface area (Å²) in [4.78, 5) is 0. The molecule has 0 radical (unpaired) electrons. The zero-order valence-electron chi connectivity index (χ0n) is 32.0. The van der Waals surface area contributed by atoms with Crippen molar-refractivity contribution in [2.24, 2.45) is 0 Å². The average Bonchev–Trinajstić information content (AvgIpc) is 3.51. The monoisotopic (exact) mass is 776 g/mol. The first kappa shape index (κ1) is 37.5. The van der Waals surface area contributed by atoms with Gasteiger partial charge < -0.3 is 0 Å². The molecule has 1 aromatic heterocycles. The summed E-state index contributed by atoms with van der Waals surface area (Å²) in [6.45, 7) is 13.3. The van der Waals surface area contributed by atoms with Crippen LogP contribution in [0, 0.1) is 45.6 Å². The molecule has 4 heteroatoms. The summed E-state index contributed by atoms with van der Waals surface area (Å²) in [7, 11) is 0.385. The van der Waals surface area contributed by atoms with E-state index in [1.807, 2.05) is 0 Å². The van der Waals surface area contributed by atoms with Crippen LogP contribution in [0.3, 0.4) is 0 Å². The Hall–Kier alpha value is -2.21. The Bertz CT molecular complexity index is 1640. The van der Waals surface area contributed by atoms with Gasteiger partial charge in [-0.2, -0.15) is 0 Å². The standard InChI is InChI=1S/C21H24N2.C18H33P.C7H6.Ru/c1-14-9-16(3)20(17(4)10-14)22-7-8-23(13-22)21-18(5)11-15(2)12-19(21)6;1-4-10-16(11-5-1)19(17-12-6-2-7-13-17)18-14-8-3-9-15-18;1-7-5-3-2-4-6-7;/h7-12H,1-6H3;16-18H,1-15H2;1-6H;. The molecular weight excluding hydrogens is 713 g/mol. The van der Waals surface area contributed by atoms with Gasteiger partial charge in [-0.15, -0.1) is 0 Å². The third kappa shape index (κ3) is 9.23. The van der Waals surface area contributed by atoms with Crippen LogP contribution in [0.15, 0.2) is 67.0 Å². The summed E-state index contributed by atoms with van der Waals surface area (Å²) < 4.78 is 8.59. The molecule has 3 aliphatic rings. The topological polar surface area (TPSA) is 9.86 Å². The number of imidazole rings is 1. The van der Waals surface area contributed by atoms with Crippen LogP contribution >= 0.6 is 7.92 Å². The Morgan fingerprint density at radius 3 is 1.24 bits per heavy atom. The molecule has 1 heterocycles. The zero-order valence-corrected chi connectivity index (χ0v) is 34.6. The molecular formula is C46H63N2PRu. The first-order valence-corrected chi connectivity index (χ1v) is 23.3. The van der Waals surface area contributed by atoms with Crippen molar-refractivity contribution in [3.63, 3.8) is 0 Å². The number of nitrogens with zero attached hydrogens (tertiary/aromatic N) is 2. The first-order chi connectivity index (χ1) is 24.3. The number of hydrogen-bond acceptors (Lipinski definition) is 0. The van der Waals surface area contributed by atoms with Gasteiger partial charge in [0.15, 0.2) is 0 Å². The Morgan fingerprint density at radius 2 is 0.880 bits per heavy atom. The molecule has 0 bridgehead atoms. The second-order valence-corrected chi connectivity index (χ2v) is 20.6. The number of hydrogen-bond donors (Lipinski definition) is 0. The summed E-state index contributed by atoms with van der Waals surface area (Å²) in [5.41, 5.74) is 15.4. The van der Waals surface area contributed by atoms with Crippen LogP contribution in [0.4, 0.5) is 0 Å². The SMILES string of the molecule is C1CCC(P(C2CCCCC2)C2CCCCC2)CC1.Cc1cc(C)c(-n2ccn(-c3c(C)cc(C)cc3C)[c]2=[Ru]=[CH]c2ccccc2)c(C)c1. The van der Waals surface area contributed by atoms with Crippen LogP contribution in [0.1, 0.15) is 135 Å². The predicted molar refractivity (Wildman–Crippen MR) is 216 cm³/mol. The molecule has 0 atom stereocenters. The maximum absolute atomic E-state index is 2.42. The Balaban J connectivity index is 0.000000194. The summed E-state index contributed by atoms with van der Waals surface area (Å²) in [5, 5.41) is 0. The maximum atomic E-state index is 2.42. The predicted octanol–water partition coefficient (Wildman–Crippen LogP) is 13.0. The van der Waals surface area contributed by atoms with Crippen molar-refractivity contribution >= 4 is 12.5 Å². The number of benzene rings is 3. The van der Waals surface area contributed by atoms with Crippen molar-refractivity contribution < 1.29 is 16.2 Å². The molecule has 3 fully saturated rings. The first-order valence-electron chi connectivity index (χ1n) is 19.9. The second kappa shape index (κ2) is 18.0. The van der Waals surface area contributed by atoms with Crippen LogP contribution in [-0.4, -0.2) is 30.7 Å². The van der Waals surface area contributed by atoms with E-state index in [-0.39, 0.29) is 16.2 Å². The fourth-order valence-corrected chi connectivity index (χ4v) is 16.2. The van der Waals surface area contributed by atoms with E-state index in [2.05, 4.69) is 122 Å². The Kier molecular flexibility index (Phi) is 13.5. The van der Waals surface area contributed by atoms with E-state index in [1.165, 1.54) is 90.6 Å². The van der Waals surface area contributed by atoms with Crippen molar-refractivity contribution in [1.29, 1.82) is 0 Å². The summed E-state index contributed by atoms with van der Waals surface area (Å²) in [6, 6.07) is 19.8. The molecule has 0 N–H and O–H groups in total. The summed E-state index contributed by atoms with van der Waals surface area (Å²) in [5.74, 6) is 0. The van der Waals surface area contributed by atoms with E-state index >= 15 is 0 Å². The molecule has 3 aromatic carbocycles. The Morgan fingerprint density at radius 1 is 0.520 bits per heavy atom. The van der Waals surface area contributed by atoms with E-state index in [0.29, 0.717) is 7.92 Å². The van der Waals surface area contributed by atoms with Crippen molar-refractivity contribution in [2.75, 3.05) is 0 Å². The molecule has 0 spiro atoms. The van der Waals surface area contributed by atoms with Crippen molar-refractivity contribution in [3.05, 3.63) is 110 Å². The van der Waals surface area contributed by atoms with Crippen LogP contribution in [0.25, 0.3) is 11.4 Å². The van der Waals surface area contributed by atoms with E-state index in [1.54, 1.807) is 77.0 Å². The minimum atomic E-state index is -0.154. The van der Waals surface area contributed by atoms with Crippen LogP contribution in [-0.2, 0) is 16.2 Å². The molecule has 50 heavy (non-hydrogen) atoms. The van der Waals surface area contributed by atoms with Crippen molar-refractivity contribution in [2.45, 2.75) is 155 Å². The van der Waals surface area contributed by atoms with Gasteiger partial charge in [0, 0.05) is 0 Å². The number of rotatable bonds is 6. The molecule has 0 unspecified atom stereocenters. The van der Waals surface area contributed by atoms with Gasteiger partial charge in [0.1, 0.15) is 0 Å². The van der Waals surface area contributed by atoms with Gasteiger partial charge in [0.2, 0.25) is 0 Å². The fraction of sp³-hybridized carbons (Fsp3) is 0.522. The minimum absolute atomic E-state index is 0.154. The summed E-state index contributed by atoms with van der Waals surface area (Å²) in [6.07, 6.45) is 28.1. The fourth-order valence-electron chi connectivity index (χ4n) is 9.56. The molecule has 0 amide bonds. The molecule has 270 valence electrons. The second-order valence-electron chi connectivity index (χ2n) is 15.7. The van der Waals surface area contributed by atoms with Gasteiger partial charge in [-0.25, -0.2) is 0 Å². The average molecular weight is 776 g/mol. The van der Waals surface area contributed by atoms with E-state index in [0.717, 1.165) is 0 Å². The molecule has 3 saturated carbocycles. The Labute approximate surface area is 312 Å². The van der Waals surface area contributed by atoms with Gasteiger partial charge in [0.05, 0.1) is 0 Å². The van der Waals surface area contributed by atoms with Crippen molar-refractivity contribution in [3.8, 4) is 11.4 Å². The molecule has 0 saturated heterocycles. The van der Waals surface area contributed by atoms with Gasteiger partial charge in [0.25, 0.3) is 0 Å². The van der Waals surface area contributed by atoms with Crippen LogP contribution in [0.2, 0.25) is 0 Å². The van der Waals surface area contributed by atoms with Crippen LogP contribution < -0.4 is 0 Å². The van der Waals surface area contributed by atoms with Gasteiger partial charge in [-0.1, -0.05) is 65.7 Å². The summed E-state index contributed by atoms with van der Waals surface area (Å²) >= 11 is -0.154. The molecule has 3 aliphatic carbocycles. The number of aryl methyl sites for hydroxylation is 6. The van der Waals surface area contributed by atoms with E-state index in [9.17, 15) is 0 Å². The van der Waals surface area contributed by atoms with Crippen LogP contribution in [0.5, 0.6) is 0 Å². The quantitative estimate of drug-likeness (QED) is 0.136. The van der Waals surface area contributed by atoms with E-state index in [4.69, 9.17) is 0 Å².